The van der Waals surface area contributed by atoms with Gasteiger partial charge in [0.1, 0.15) is 36.1 Å². The van der Waals surface area contributed by atoms with Crippen LogP contribution in [0.2, 0.25) is 0 Å². The Bertz CT molecular complexity index is 1280. The van der Waals surface area contributed by atoms with Gasteiger partial charge in [0.15, 0.2) is 0 Å². The minimum atomic E-state index is -1.23. The first kappa shape index (κ1) is 36.6. The van der Waals surface area contributed by atoms with Gasteiger partial charge in [-0.15, -0.1) is 0 Å². The van der Waals surface area contributed by atoms with Crippen LogP contribution in [0.3, 0.4) is 0 Å². The Morgan fingerprint density at radius 2 is 1.38 bits per heavy atom. The second-order valence-corrected chi connectivity index (χ2v) is 12.1. The molecule has 0 aliphatic rings. The summed E-state index contributed by atoms with van der Waals surface area (Å²) in [5.74, 6) is -1.92. The average Bonchev–Trinajstić information content (AvgIpc) is 2.96. The highest BCUT2D eigenvalue weighted by Crippen LogP contribution is 2.15. The van der Waals surface area contributed by atoms with Gasteiger partial charge in [-0.2, -0.15) is 0 Å². The van der Waals surface area contributed by atoms with Crippen LogP contribution in [-0.4, -0.2) is 60.6 Å². The molecular weight excluding hydrogens is 580 g/mol. The van der Waals surface area contributed by atoms with Crippen molar-refractivity contribution in [3.05, 3.63) is 65.7 Å². The Kier molecular flexibility index (Phi) is 14.3. The van der Waals surface area contributed by atoms with E-state index in [0.29, 0.717) is 13.0 Å². The first-order valence-corrected chi connectivity index (χ1v) is 14.9. The maximum Gasteiger partial charge on any atom is 0.408 e. The van der Waals surface area contributed by atoms with Crippen LogP contribution < -0.4 is 26.4 Å². The number of hydrogen-bond acceptors (Lipinski definition) is 8. The summed E-state index contributed by atoms with van der Waals surface area (Å²) < 4.78 is 16.0. The lowest BCUT2D eigenvalue weighted by atomic mass is 10.0. The van der Waals surface area contributed by atoms with Crippen molar-refractivity contribution in [2.45, 2.75) is 90.6 Å². The Labute approximate surface area is 264 Å². The molecule has 2 aromatic rings. The maximum absolute atomic E-state index is 13.6. The number of nitrogens with two attached hydrogens (primary N) is 1. The molecule has 5 N–H and O–H groups in total. The second-order valence-electron chi connectivity index (χ2n) is 12.1. The lowest BCUT2D eigenvalue weighted by molar-refractivity contribution is -0.146. The summed E-state index contributed by atoms with van der Waals surface area (Å²) in [5.41, 5.74) is 6.11. The van der Waals surface area contributed by atoms with Gasteiger partial charge in [-0.05, 0) is 62.8 Å². The molecule has 2 rings (SSSR count). The van der Waals surface area contributed by atoms with Gasteiger partial charge in [-0.3, -0.25) is 14.4 Å². The molecule has 2 aromatic carbocycles. The molecule has 0 saturated carbocycles. The fourth-order valence-electron chi connectivity index (χ4n) is 4.28. The molecule has 0 fully saturated rings. The first-order valence-electron chi connectivity index (χ1n) is 14.9. The third-order valence-electron chi connectivity index (χ3n) is 6.44. The van der Waals surface area contributed by atoms with E-state index in [1.54, 1.807) is 20.8 Å². The fourth-order valence-corrected chi connectivity index (χ4v) is 4.28. The molecule has 0 spiro atoms. The molecule has 0 aliphatic heterocycles. The van der Waals surface area contributed by atoms with Crippen LogP contribution in [0.4, 0.5) is 4.79 Å². The van der Waals surface area contributed by atoms with E-state index >= 15 is 0 Å². The van der Waals surface area contributed by atoms with Crippen LogP contribution in [0.1, 0.15) is 65.0 Å². The van der Waals surface area contributed by atoms with E-state index in [1.807, 2.05) is 68.4 Å². The molecule has 45 heavy (non-hydrogen) atoms. The van der Waals surface area contributed by atoms with Gasteiger partial charge in [-0.1, -0.05) is 56.3 Å². The number of benzene rings is 2. The predicted octanol–water partition coefficient (Wildman–Crippen LogP) is 3.16. The van der Waals surface area contributed by atoms with Gasteiger partial charge in [0.25, 0.3) is 0 Å². The van der Waals surface area contributed by atoms with Crippen molar-refractivity contribution < 1.29 is 38.2 Å². The van der Waals surface area contributed by atoms with Crippen LogP contribution >= 0.6 is 0 Å². The zero-order valence-corrected chi connectivity index (χ0v) is 26.9. The number of para-hydroxylation sites is 1. The molecular formula is C33H46N4O8. The quantitative estimate of drug-likeness (QED) is 0.206. The number of carbonyl (C=O) groups excluding carboxylic acids is 5. The number of hydrogen-bond donors (Lipinski definition) is 4. The van der Waals surface area contributed by atoms with Gasteiger partial charge < -0.3 is 35.9 Å². The Hall–Kier alpha value is -4.61. The molecule has 12 nitrogen and oxygen atoms in total. The largest absolute Gasteiger partial charge is 0.489 e. The first-order chi connectivity index (χ1) is 21.2. The van der Waals surface area contributed by atoms with Crippen molar-refractivity contribution >= 4 is 29.8 Å². The van der Waals surface area contributed by atoms with Gasteiger partial charge in [0.2, 0.25) is 17.7 Å². The van der Waals surface area contributed by atoms with E-state index < -0.39 is 53.5 Å². The van der Waals surface area contributed by atoms with E-state index in [4.69, 9.17) is 19.9 Å². The molecule has 4 amide bonds. The molecule has 246 valence electrons. The minimum absolute atomic E-state index is 0.0479. The summed E-state index contributed by atoms with van der Waals surface area (Å²) >= 11 is 0. The van der Waals surface area contributed by atoms with E-state index in [9.17, 15) is 24.0 Å². The molecule has 0 bridgehead atoms. The molecule has 0 radical (unpaired) electrons. The van der Waals surface area contributed by atoms with Crippen molar-refractivity contribution in [1.82, 2.24) is 16.0 Å². The van der Waals surface area contributed by atoms with Crippen LogP contribution in [0.15, 0.2) is 54.6 Å². The normalized spacial score (nSPS) is 13.1. The highest BCUT2D eigenvalue weighted by Gasteiger charge is 2.31. The van der Waals surface area contributed by atoms with Gasteiger partial charge in [0.05, 0.1) is 7.11 Å². The van der Waals surface area contributed by atoms with E-state index in [-0.39, 0.29) is 25.2 Å². The van der Waals surface area contributed by atoms with Gasteiger partial charge >= 0.3 is 12.1 Å². The number of primary amides is 1. The second kappa shape index (κ2) is 17.6. The summed E-state index contributed by atoms with van der Waals surface area (Å²) in [7, 11) is 1.21. The fraction of sp³-hybridized carbons (Fsp3) is 0.485. The van der Waals surface area contributed by atoms with Crippen molar-refractivity contribution in [2.75, 3.05) is 7.11 Å². The third-order valence-corrected chi connectivity index (χ3v) is 6.44. The third kappa shape index (κ3) is 14.1. The molecule has 0 aliphatic carbocycles. The number of amides is 4. The van der Waals surface area contributed by atoms with Crippen molar-refractivity contribution in [1.29, 1.82) is 0 Å². The Morgan fingerprint density at radius 3 is 1.93 bits per heavy atom. The molecule has 0 unspecified atom stereocenters. The van der Waals surface area contributed by atoms with Crippen molar-refractivity contribution in [3.63, 3.8) is 0 Å². The molecule has 0 aromatic heterocycles. The van der Waals surface area contributed by atoms with Gasteiger partial charge in [-0.25, -0.2) is 9.59 Å². The summed E-state index contributed by atoms with van der Waals surface area (Å²) in [6.07, 6.45) is -0.798. The summed E-state index contributed by atoms with van der Waals surface area (Å²) in [4.78, 5) is 63.5. The van der Waals surface area contributed by atoms with Crippen LogP contribution in [0, 0.1) is 5.92 Å². The maximum atomic E-state index is 13.6. The highest BCUT2D eigenvalue weighted by atomic mass is 16.6. The smallest absolute Gasteiger partial charge is 0.408 e. The monoisotopic (exact) mass is 626 g/mol. The number of rotatable bonds is 16. The number of alkyl carbamates (subject to hydrolysis) is 1. The molecule has 3 atom stereocenters. The zero-order chi connectivity index (χ0) is 33.6. The predicted molar refractivity (Wildman–Crippen MR) is 168 cm³/mol. The summed E-state index contributed by atoms with van der Waals surface area (Å²) in [6.45, 7) is 9.17. The zero-order valence-electron chi connectivity index (χ0n) is 26.9. The lowest BCUT2D eigenvalue weighted by Crippen LogP contribution is -2.56. The summed E-state index contributed by atoms with van der Waals surface area (Å²) in [5, 5.41) is 7.83. The number of nitrogens with one attached hydrogen (secondary N) is 3. The Balaban J connectivity index is 2.24. The topological polar surface area (TPSA) is 175 Å². The van der Waals surface area contributed by atoms with Crippen molar-refractivity contribution in [2.24, 2.45) is 11.7 Å². The molecule has 12 heteroatoms. The van der Waals surface area contributed by atoms with Crippen molar-refractivity contribution in [3.8, 4) is 5.75 Å². The molecule has 0 heterocycles. The number of ether oxygens (including phenoxy) is 3. The van der Waals surface area contributed by atoms with Crippen LogP contribution in [0.5, 0.6) is 5.75 Å². The van der Waals surface area contributed by atoms with Gasteiger partial charge in [0, 0.05) is 12.8 Å². The average molecular weight is 627 g/mol. The minimum Gasteiger partial charge on any atom is -0.489 e. The number of carbonyl (C=O) groups is 5. The standard InChI is InChI=1S/C33H46N4O8/c1-21(2)18-27(31(41)43-6)36-29(39)25(16-17-28(34)38)35-30(40)26(37-32(42)45-33(3,4)5)19-22-12-14-23(15-13-22)20-44-24-10-8-7-9-11-24/h7-15,21,25-27H,16-20H2,1-6H3,(H2,34,38)(H,35,40)(H,36,39)(H,37,42)/t25-,26+,27+/m1/s1. The van der Waals surface area contributed by atoms with Crippen LogP contribution in [-0.2, 0) is 41.7 Å². The summed E-state index contributed by atoms with van der Waals surface area (Å²) in [6, 6.07) is 13.4. The number of esters is 1. The Morgan fingerprint density at radius 1 is 0.800 bits per heavy atom. The van der Waals surface area contributed by atoms with Crippen LogP contribution in [0.25, 0.3) is 0 Å². The highest BCUT2D eigenvalue weighted by molar-refractivity contribution is 5.93. The van der Waals surface area contributed by atoms with E-state index in [2.05, 4.69) is 16.0 Å². The van der Waals surface area contributed by atoms with E-state index in [1.165, 1.54) is 7.11 Å². The molecule has 0 saturated heterocycles. The SMILES string of the molecule is COC(=O)[C@H](CC(C)C)NC(=O)[C@@H](CCC(N)=O)NC(=O)[C@H](Cc1ccc(COc2ccccc2)cc1)NC(=O)OC(C)(C)C. The van der Waals surface area contributed by atoms with E-state index in [0.717, 1.165) is 16.9 Å². The number of methoxy groups -OCH3 is 1. The lowest BCUT2D eigenvalue weighted by Gasteiger charge is -2.26.